The number of benzene rings is 1. The Bertz CT molecular complexity index is 927. The van der Waals surface area contributed by atoms with Crippen molar-refractivity contribution in [1.82, 2.24) is 19.8 Å². The van der Waals surface area contributed by atoms with E-state index in [1.165, 1.54) is 22.0 Å². The van der Waals surface area contributed by atoms with Gasteiger partial charge in [0.2, 0.25) is 11.1 Å². The summed E-state index contributed by atoms with van der Waals surface area (Å²) in [5.41, 5.74) is 2.23. The van der Waals surface area contributed by atoms with Crippen molar-refractivity contribution in [2.45, 2.75) is 37.9 Å². The van der Waals surface area contributed by atoms with Crippen LogP contribution in [0.2, 0.25) is 0 Å². The SMILES string of the molecule is CN(Cc1cccs1)C(=O)CSc1nnc(-c2ccc(C(C)(C)C)cc2)n1N. The van der Waals surface area contributed by atoms with Crippen LogP contribution in [-0.4, -0.2) is 38.5 Å². The molecule has 0 fully saturated rings. The van der Waals surface area contributed by atoms with Gasteiger partial charge in [0.1, 0.15) is 0 Å². The molecule has 0 bridgehead atoms. The predicted octanol–water partition coefficient (Wildman–Crippen LogP) is 3.77. The predicted molar refractivity (Wildman–Crippen MR) is 116 cm³/mol. The van der Waals surface area contributed by atoms with E-state index in [2.05, 4.69) is 43.1 Å². The highest BCUT2D eigenvalue weighted by molar-refractivity contribution is 7.99. The van der Waals surface area contributed by atoms with Crippen molar-refractivity contribution in [3.63, 3.8) is 0 Å². The number of aromatic nitrogens is 3. The molecule has 28 heavy (non-hydrogen) atoms. The lowest BCUT2D eigenvalue weighted by molar-refractivity contribution is -0.127. The van der Waals surface area contributed by atoms with Gasteiger partial charge in [0.15, 0.2) is 5.82 Å². The van der Waals surface area contributed by atoms with Gasteiger partial charge in [0.25, 0.3) is 0 Å². The van der Waals surface area contributed by atoms with Gasteiger partial charge >= 0.3 is 0 Å². The van der Waals surface area contributed by atoms with Crippen LogP contribution in [0.1, 0.15) is 31.2 Å². The molecule has 3 aromatic rings. The van der Waals surface area contributed by atoms with Crippen molar-refractivity contribution < 1.29 is 4.79 Å². The molecule has 2 N–H and O–H groups in total. The van der Waals surface area contributed by atoms with Crippen molar-refractivity contribution in [1.29, 1.82) is 0 Å². The highest BCUT2D eigenvalue weighted by Crippen LogP contribution is 2.26. The maximum Gasteiger partial charge on any atom is 0.233 e. The number of hydrogen-bond acceptors (Lipinski definition) is 6. The molecule has 0 aliphatic carbocycles. The smallest absolute Gasteiger partial charge is 0.233 e. The Balaban J connectivity index is 1.64. The van der Waals surface area contributed by atoms with E-state index in [1.807, 2.05) is 29.6 Å². The normalized spacial score (nSPS) is 11.6. The third-order valence-electron chi connectivity index (χ3n) is 4.40. The lowest BCUT2D eigenvalue weighted by atomic mass is 9.87. The largest absolute Gasteiger partial charge is 0.340 e. The fourth-order valence-electron chi connectivity index (χ4n) is 2.65. The number of nitrogens with two attached hydrogens (primary N) is 1. The van der Waals surface area contributed by atoms with Gasteiger partial charge in [-0.1, -0.05) is 62.9 Å². The summed E-state index contributed by atoms with van der Waals surface area (Å²) < 4.78 is 1.45. The first-order valence-electron chi connectivity index (χ1n) is 8.96. The van der Waals surface area contributed by atoms with Gasteiger partial charge < -0.3 is 10.7 Å². The standard InChI is InChI=1S/C20H25N5OS2/c1-20(2,3)15-9-7-14(8-10-15)18-22-23-19(25(18)21)28-13-17(26)24(4)12-16-6-5-11-27-16/h5-11H,12-13,21H2,1-4H3. The third-order valence-corrected chi connectivity index (χ3v) is 6.19. The van der Waals surface area contributed by atoms with Gasteiger partial charge in [-0.3, -0.25) is 4.79 Å². The quantitative estimate of drug-likeness (QED) is 0.490. The summed E-state index contributed by atoms with van der Waals surface area (Å²) in [6.07, 6.45) is 0. The Morgan fingerprint density at radius 2 is 1.93 bits per heavy atom. The monoisotopic (exact) mass is 415 g/mol. The average molecular weight is 416 g/mol. The van der Waals surface area contributed by atoms with Crippen LogP contribution < -0.4 is 5.84 Å². The Kier molecular flexibility index (Phi) is 6.10. The van der Waals surface area contributed by atoms with Crippen LogP contribution in [0.5, 0.6) is 0 Å². The van der Waals surface area contributed by atoms with Crippen LogP contribution in [0.4, 0.5) is 0 Å². The van der Waals surface area contributed by atoms with E-state index in [9.17, 15) is 4.79 Å². The summed E-state index contributed by atoms with van der Waals surface area (Å²) in [7, 11) is 1.80. The first-order chi connectivity index (χ1) is 13.3. The number of carbonyl (C=O) groups is 1. The maximum atomic E-state index is 12.4. The van der Waals surface area contributed by atoms with Crippen LogP contribution in [-0.2, 0) is 16.8 Å². The summed E-state index contributed by atoms with van der Waals surface area (Å²) in [6.45, 7) is 7.13. The van der Waals surface area contributed by atoms with Crippen molar-refractivity contribution in [2.75, 3.05) is 18.6 Å². The molecule has 1 amide bonds. The molecular formula is C20H25N5OS2. The third kappa shape index (κ3) is 4.74. The summed E-state index contributed by atoms with van der Waals surface area (Å²) in [6, 6.07) is 12.2. The van der Waals surface area contributed by atoms with Gasteiger partial charge in [-0.05, 0) is 22.4 Å². The minimum Gasteiger partial charge on any atom is -0.340 e. The molecule has 0 aliphatic heterocycles. The number of nitrogens with zero attached hydrogens (tertiary/aromatic N) is 4. The van der Waals surface area contributed by atoms with E-state index in [1.54, 1.807) is 23.3 Å². The number of amides is 1. The van der Waals surface area contributed by atoms with Crippen molar-refractivity contribution in [2.24, 2.45) is 0 Å². The van der Waals surface area contributed by atoms with Gasteiger partial charge in [-0.25, -0.2) is 4.68 Å². The number of nitrogen functional groups attached to an aromatic ring is 1. The molecule has 0 atom stereocenters. The Labute approximate surface area is 173 Å². The van der Waals surface area contributed by atoms with E-state index in [0.29, 0.717) is 17.5 Å². The van der Waals surface area contributed by atoms with E-state index < -0.39 is 0 Å². The van der Waals surface area contributed by atoms with Crippen LogP contribution in [0.3, 0.4) is 0 Å². The van der Waals surface area contributed by atoms with E-state index in [4.69, 9.17) is 5.84 Å². The lowest BCUT2D eigenvalue weighted by Crippen LogP contribution is -2.27. The van der Waals surface area contributed by atoms with Crippen molar-refractivity contribution in [3.8, 4) is 11.4 Å². The summed E-state index contributed by atoms with van der Waals surface area (Å²) in [5, 5.41) is 10.9. The second-order valence-electron chi connectivity index (χ2n) is 7.62. The molecule has 0 saturated carbocycles. The van der Waals surface area contributed by atoms with Crippen LogP contribution in [0.25, 0.3) is 11.4 Å². The van der Waals surface area contributed by atoms with Gasteiger partial charge in [0, 0.05) is 17.5 Å². The molecule has 3 rings (SSSR count). The molecule has 0 radical (unpaired) electrons. The molecule has 6 nitrogen and oxygen atoms in total. The number of thioether (sulfide) groups is 1. The summed E-state index contributed by atoms with van der Waals surface area (Å²) >= 11 is 2.94. The number of rotatable bonds is 6. The number of hydrogen-bond donors (Lipinski definition) is 1. The minimum atomic E-state index is 0.0254. The molecule has 2 heterocycles. The van der Waals surface area contributed by atoms with Crippen LogP contribution in [0, 0.1) is 0 Å². The number of carbonyl (C=O) groups excluding carboxylic acids is 1. The van der Waals surface area contributed by atoms with Crippen LogP contribution >= 0.6 is 23.1 Å². The van der Waals surface area contributed by atoms with Gasteiger partial charge in [0.05, 0.1) is 12.3 Å². The summed E-state index contributed by atoms with van der Waals surface area (Å²) in [4.78, 5) is 15.2. The first kappa shape index (κ1) is 20.4. The highest BCUT2D eigenvalue weighted by Gasteiger charge is 2.17. The molecule has 1 aromatic carbocycles. The maximum absolute atomic E-state index is 12.4. The fourth-order valence-corrected chi connectivity index (χ4v) is 4.21. The Hall–Kier alpha value is -2.32. The molecule has 0 saturated heterocycles. The molecule has 148 valence electrons. The van der Waals surface area contributed by atoms with E-state index >= 15 is 0 Å². The lowest BCUT2D eigenvalue weighted by Gasteiger charge is -2.19. The molecule has 0 unspecified atom stereocenters. The molecule has 8 heteroatoms. The average Bonchev–Trinajstić information content (AvgIpc) is 3.29. The molecule has 2 aromatic heterocycles. The second-order valence-corrected chi connectivity index (χ2v) is 9.60. The van der Waals surface area contributed by atoms with E-state index in [0.717, 1.165) is 10.4 Å². The molecular weight excluding hydrogens is 390 g/mol. The van der Waals surface area contributed by atoms with E-state index in [-0.39, 0.29) is 17.1 Å². The summed E-state index contributed by atoms with van der Waals surface area (Å²) in [5.74, 6) is 7.05. The molecule has 0 aliphatic rings. The first-order valence-corrected chi connectivity index (χ1v) is 10.8. The topological polar surface area (TPSA) is 77.0 Å². The Morgan fingerprint density at radius 3 is 2.54 bits per heavy atom. The zero-order valence-corrected chi connectivity index (χ0v) is 18.2. The fraction of sp³-hybridized carbons (Fsp3) is 0.350. The Morgan fingerprint density at radius 1 is 1.21 bits per heavy atom. The van der Waals surface area contributed by atoms with Gasteiger partial charge in [-0.2, -0.15) is 0 Å². The zero-order valence-electron chi connectivity index (χ0n) is 16.5. The minimum absolute atomic E-state index is 0.0254. The molecule has 0 spiro atoms. The zero-order chi connectivity index (χ0) is 20.3. The van der Waals surface area contributed by atoms with Crippen molar-refractivity contribution in [3.05, 3.63) is 52.2 Å². The second kappa shape index (κ2) is 8.36. The van der Waals surface area contributed by atoms with Gasteiger partial charge in [-0.15, -0.1) is 21.5 Å². The highest BCUT2D eigenvalue weighted by atomic mass is 32.2. The number of thiophene rings is 1. The van der Waals surface area contributed by atoms with Crippen LogP contribution in [0.15, 0.2) is 46.9 Å². The van der Waals surface area contributed by atoms with Crippen molar-refractivity contribution >= 4 is 29.0 Å².